The molecule has 0 radical (unpaired) electrons. The van der Waals surface area contributed by atoms with Crippen LogP contribution in [0, 0.1) is 0 Å². The van der Waals surface area contributed by atoms with Gasteiger partial charge in [0, 0.05) is 32.7 Å². The fourth-order valence-corrected chi connectivity index (χ4v) is 2.65. The van der Waals surface area contributed by atoms with Gasteiger partial charge in [0.25, 0.3) is 0 Å². The summed E-state index contributed by atoms with van der Waals surface area (Å²) in [5.41, 5.74) is -0.534. The van der Waals surface area contributed by atoms with E-state index in [4.69, 9.17) is 4.74 Å². The molecule has 0 aliphatic heterocycles. The Labute approximate surface area is 164 Å². The molecule has 0 heterocycles. The number of nitrogens with zero attached hydrogens (tertiary/aromatic N) is 1. The van der Waals surface area contributed by atoms with Crippen LogP contribution < -0.4 is 20.7 Å². The summed E-state index contributed by atoms with van der Waals surface area (Å²) in [6, 6.07) is 0.0119. The van der Waals surface area contributed by atoms with Gasteiger partial charge in [0.05, 0.1) is 6.26 Å². The summed E-state index contributed by atoms with van der Waals surface area (Å²) in [5.74, 6) is 0.612. The van der Waals surface area contributed by atoms with Crippen molar-refractivity contribution in [2.45, 2.75) is 65.0 Å². The minimum atomic E-state index is -3.16. The highest BCUT2D eigenvalue weighted by Gasteiger charge is 2.18. The van der Waals surface area contributed by atoms with Crippen molar-refractivity contribution in [3.8, 4) is 0 Å². The van der Waals surface area contributed by atoms with Crippen LogP contribution in [0.4, 0.5) is 4.79 Å². The number of nitrogens with one attached hydrogen (secondary N) is 4. The molecule has 0 bridgehead atoms. The number of amides is 1. The van der Waals surface area contributed by atoms with Crippen molar-refractivity contribution >= 4 is 22.1 Å². The van der Waals surface area contributed by atoms with Crippen molar-refractivity contribution < 1.29 is 17.9 Å². The first-order valence-electron chi connectivity index (χ1n) is 9.35. The fraction of sp³-hybridized carbons (Fsp3) is 0.882. The lowest BCUT2D eigenvalue weighted by atomic mass is 10.1. The molecule has 9 nitrogen and oxygen atoms in total. The molecule has 4 N–H and O–H groups in total. The third-order valence-corrected chi connectivity index (χ3v) is 4.10. The molecule has 0 saturated carbocycles. The van der Waals surface area contributed by atoms with Gasteiger partial charge in [-0.1, -0.05) is 19.8 Å². The zero-order chi connectivity index (χ0) is 20.9. The quantitative estimate of drug-likeness (QED) is 0.232. The zero-order valence-electron chi connectivity index (χ0n) is 17.5. The van der Waals surface area contributed by atoms with E-state index in [1.54, 1.807) is 7.05 Å². The van der Waals surface area contributed by atoms with Crippen molar-refractivity contribution in [1.29, 1.82) is 0 Å². The number of carbonyl (C=O) groups excluding carboxylic acids is 1. The number of rotatable bonds is 11. The van der Waals surface area contributed by atoms with Crippen LogP contribution in [0.1, 0.15) is 53.4 Å². The summed E-state index contributed by atoms with van der Waals surface area (Å²) in [6.07, 6.45) is 4.26. The Morgan fingerprint density at radius 2 is 1.81 bits per heavy atom. The normalized spacial score (nSPS) is 13.8. The van der Waals surface area contributed by atoms with Gasteiger partial charge in [-0.3, -0.25) is 4.99 Å². The highest BCUT2D eigenvalue weighted by atomic mass is 32.2. The van der Waals surface area contributed by atoms with Crippen LogP contribution in [0.5, 0.6) is 0 Å². The maximum Gasteiger partial charge on any atom is 0.407 e. The Kier molecular flexibility index (Phi) is 12.0. The average Bonchev–Trinajstić information content (AvgIpc) is 2.52. The first-order valence-corrected chi connectivity index (χ1v) is 11.2. The third-order valence-electron chi connectivity index (χ3n) is 3.37. The fourth-order valence-electron chi connectivity index (χ4n) is 2.14. The van der Waals surface area contributed by atoms with E-state index in [0.717, 1.165) is 25.5 Å². The van der Waals surface area contributed by atoms with E-state index in [1.165, 1.54) is 0 Å². The average molecular weight is 408 g/mol. The predicted octanol–water partition coefficient (Wildman–Crippen LogP) is 1.17. The minimum absolute atomic E-state index is 0.0119. The molecule has 10 heteroatoms. The second-order valence-electron chi connectivity index (χ2n) is 7.39. The molecule has 0 rings (SSSR count). The van der Waals surface area contributed by atoms with Crippen LogP contribution in [0.25, 0.3) is 0 Å². The molecule has 0 fully saturated rings. The number of ether oxygens (including phenoxy) is 1. The number of guanidine groups is 1. The molecule has 0 aliphatic rings. The highest BCUT2D eigenvalue weighted by Crippen LogP contribution is 2.07. The van der Waals surface area contributed by atoms with Gasteiger partial charge in [0.1, 0.15) is 5.60 Å². The standard InChI is InChI=1S/C17H37N5O4S/c1-7-8-10-14(13-20-16(23)26-17(2,3)4)22-15(18-5)19-11-9-12-21-27(6,24)25/h14,21H,7-13H2,1-6H3,(H,20,23)(H2,18,19,22). The number of sulfonamides is 1. The van der Waals surface area contributed by atoms with Gasteiger partial charge >= 0.3 is 6.09 Å². The summed E-state index contributed by atoms with van der Waals surface area (Å²) < 4.78 is 29.8. The molecule has 27 heavy (non-hydrogen) atoms. The molecule has 1 atom stereocenters. The van der Waals surface area contributed by atoms with Crippen LogP contribution in [0.2, 0.25) is 0 Å². The lowest BCUT2D eigenvalue weighted by Crippen LogP contribution is -2.49. The van der Waals surface area contributed by atoms with Crippen LogP contribution in [0.3, 0.4) is 0 Å². The van der Waals surface area contributed by atoms with Crippen molar-refractivity contribution in [2.75, 3.05) is 32.9 Å². The monoisotopic (exact) mass is 407 g/mol. The molecule has 160 valence electrons. The maximum atomic E-state index is 11.9. The summed E-state index contributed by atoms with van der Waals surface area (Å²) >= 11 is 0. The van der Waals surface area contributed by atoms with Crippen molar-refractivity contribution in [1.82, 2.24) is 20.7 Å². The minimum Gasteiger partial charge on any atom is -0.444 e. The van der Waals surface area contributed by atoms with Gasteiger partial charge in [-0.25, -0.2) is 17.9 Å². The second kappa shape index (κ2) is 12.8. The van der Waals surface area contributed by atoms with Crippen molar-refractivity contribution in [3.05, 3.63) is 0 Å². The number of aliphatic imine (C=N–C) groups is 1. The molecule has 0 spiro atoms. The summed E-state index contributed by atoms with van der Waals surface area (Å²) in [7, 11) is -1.50. The molecular formula is C17H37N5O4S. The van der Waals surface area contributed by atoms with Gasteiger partial charge in [-0.05, 0) is 33.6 Å². The summed E-state index contributed by atoms with van der Waals surface area (Å²) in [4.78, 5) is 16.0. The van der Waals surface area contributed by atoms with Crippen molar-refractivity contribution in [2.24, 2.45) is 4.99 Å². The van der Waals surface area contributed by atoms with Gasteiger partial charge in [-0.15, -0.1) is 0 Å². The summed E-state index contributed by atoms with van der Waals surface area (Å²) in [6.45, 7) is 8.94. The van der Waals surface area contributed by atoms with E-state index in [9.17, 15) is 13.2 Å². The summed E-state index contributed by atoms with van der Waals surface area (Å²) in [5, 5.41) is 9.23. The number of carbonyl (C=O) groups is 1. The van der Waals surface area contributed by atoms with Gasteiger partial charge in [-0.2, -0.15) is 0 Å². The van der Waals surface area contributed by atoms with E-state index in [-0.39, 0.29) is 6.04 Å². The van der Waals surface area contributed by atoms with Crippen LogP contribution in [-0.4, -0.2) is 65.1 Å². The van der Waals surface area contributed by atoms with Crippen LogP contribution >= 0.6 is 0 Å². The number of hydrogen-bond donors (Lipinski definition) is 4. The van der Waals surface area contributed by atoms with Gasteiger partial charge in [0.2, 0.25) is 10.0 Å². The Morgan fingerprint density at radius 3 is 2.33 bits per heavy atom. The Bertz CT molecular complexity index is 558. The zero-order valence-corrected chi connectivity index (χ0v) is 18.3. The number of hydrogen-bond acceptors (Lipinski definition) is 5. The number of alkyl carbamates (subject to hydrolysis) is 1. The largest absolute Gasteiger partial charge is 0.444 e. The van der Waals surface area contributed by atoms with Gasteiger partial charge in [0.15, 0.2) is 5.96 Å². The molecule has 0 aliphatic carbocycles. The molecule has 1 amide bonds. The van der Waals surface area contributed by atoms with E-state index in [0.29, 0.717) is 32.0 Å². The Balaban J connectivity index is 4.42. The predicted molar refractivity (Wildman–Crippen MR) is 110 cm³/mol. The smallest absolute Gasteiger partial charge is 0.407 e. The second-order valence-corrected chi connectivity index (χ2v) is 9.22. The molecule has 0 saturated heterocycles. The molecule has 1 unspecified atom stereocenters. The molecule has 0 aromatic heterocycles. The van der Waals surface area contributed by atoms with E-state index in [1.807, 2.05) is 20.8 Å². The van der Waals surface area contributed by atoms with Gasteiger partial charge < -0.3 is 20.7 Å². The van der Waals surface area contributed by atoms with Crippen molar-refractivity contribution in [3.63, 3.8) is 0 Å². The SMILES string of the molecule is CCCCC(CNC(=O)OC(C)(C)C)NC(=NC)NCCCNS(C)(=O)=O. The lowest BCUT2D eigenvalue weighted by molar-refractivity contribution is 0.0522. The topological polar surface area (TPSA) is 121 Å². The van der Waals surface area contributed by atoms with E-state index >= 15 is 0 Å². The number of unbranched alkanes of at least 4 members (excludes halogenated alkanes) is 1. The van der Waals surface area contributed by atoms with E-state index in [2.05, 4.69) is 32.6 Å². The molecule has 0 aromatic carbocycles. The van der Waals surface area contributed by atoms with Crippen LogP contribution in [-0.2, 0) is 14.8 Å². The lowest BCUT2D eigenvalue weighted by Gasteiger charge is -2.24. The Hall–Kier alpha value is -1.55. The van der Waals surface area contributed by atoms with E-state index < -0.39 is 21.7 Å². The Morgan fingerprint density at radius 1 is 1.15 bits per heavy atom. The maximum absolute atomic E-state index is 11.9. The first-order chi connectivity index (χ1) is 12.5. The first kappa shape index (κ1) is 25.4. The highest BCUT2D eigenvalue weighted by molar-refractivity contribution is 7.88. The van der Waals surface area contributed by atoms with Crippen LogP contribution in [0.15, 0.2) is 4.99 Å². The third kappa shape index (κ3) is 16.4. The molecular weight excluding hydrogens is 370 g/mol. The molecule has 0 aromatic rings.